The molecule has 18 heavy (non-hydrogen) atoms. The van der Waals surface area contributed by atoms with Gasteiger partial charge in [-0.3, -0.25) is 14.4 Å². The molecule has 0 bridgehead atoms. The molecule has 0 atom stereocenters. The van der Waals surface area contributed by atoms with Gasteiger partial charge in [-0.25, -0.2) is 0 Å². The summed E-state index contributed by atoms with van der Waals surface area (Å²) in [5.74, 6) is -0.366. The smallest absolute Gasteiger partial charge is 0.311 e. The van der Waals surface area contributed by atoms with Crippen molar-refractivity contribution in [2.24, 2.45) is 0 Å². The number of ether oxygens (including phenoxy) is 1. The number of unbranched alkanes of at least 4 members (excludes halogenated alkanes) is 1. The Hall–Kier alpha value is -1.97. The van der Waals surface area contributed by atoms with E-state index >= 15 is 0 Å². The molecule has 1 radical (unpaired) electrons. The fourth-order valence-corrected chi connectivity index (χ4v) is 1.40. The van der Waals surface area contributed by atoms with E-state index in [1.165, 1.54) is 25.1 Å². The number of carbonyl (C=O) groups is 3. The molecule has 0 N–H and O–H groups in total. The Morgan fingerprint density at radius 1 is 1.39 bits per heavy atom. The summed E-state index contributed by atoms with van der Waals surface area (Å²) < 4.78 is 5.06. The molecule has 4 nitrogen and oxygen atoms in total. The highest BCUT2D eigenvalue weighted by molar-refractivity contribution is 5.96. The van der Waals surface area contributed by atoms with Crippen LogP contribution in [0.2, 0.25) is 0 Å². The number of hydrogen-bond donors (Lipinski definition) is 0. The number of carbonyl (C=O) groups excluding carboxylic acids is 3. The summed E-state index contributed by atoms with van der Waals surface area (Å²) in [5.41, 5.74) is 0.611. The number of rotatable bonds is 6. The summed E-state index contributed by atoms with van der Waals surface area (Å²) in [7, 11) is 0. The molecule has 95 valence electrons. The Morgan fingerprint density at radius 2 is 2.11 bits per heavy atom. The van der Waals surface area contributed by atoms with Gasteiger partial charge in [0.15, 0.2) is 12.1 Å². The van der Waals surface area contributed by atoms with E-state index in [4.69, 9.17) is 4.74 Å². The molecule has 0 unspecified atom stereocenters. The van der Waals surface area contributed by atoms with E-state index in [0.717, 1.165) is 0 Å². The lowest BCUT2D eigenvalue weighted by Crippen LogP contribution is -2.09. The Balaban J connectivity index is 2.86. The van der Waals surface area contributed by atoms with Crippen molar-refractivity contribution in [1.29, 1.82) is 0 Å². The zero-order chi connectivity index (χ0) is 13.5. The van der Waals surface area contributed by atoms with Crippen LogP contribution >= 0.6 is 0 Å². The van der Waals surface area contributed by atoms with Crippen molar-refractivity contribution in [2.45, 2.75) is 26.2 Å². The van der Waals surface area contributed by atoms with Crippen molar-refractivity contribution in [1.82, 2.24) is 0 Å². The maximum absolute atomic E-state index is 11.4. The minimum absolute atomic E-state index is 0.145. The van der Waals surface area contributed by atoms with E-state index < -0.39 is 5.97 Å². The van der Waals surface area contributed by atoms with Gasteiger partial charge in [-0.2, -0.15) is 0 Å². The normalized spacial score (nSPS) is 9.89. The van der Waals surface area contributed by atoms with Crippen molar-refractivity contribution < 1.29 is 19.1 Å². The Bertz CT molecular complexity index is 463. The predicted octanol–water partition coefficient (Wildman–Crippen LogP) is 2.61. The first-order chi connectivity index (χ1) is 8.58. The molecule has 1 aromatic carbocycles. The molecule has 0 aliphatic rings. The third-order valence-corrected chi connectivity index (χ3v) is 2.40. The second kappa shape index (κ2) is 6.69. The van der Waals surface area contributed by atoms with Gasteiger partial charge in [0.05, 0.1) is 5.56 Å². The molecule has 0 saturated heterocycles. The molecule has 4 heteroatoms. The van der Waals surface area contributed by atoms with Crippen LogP contribution in [0.5, 0.6) is 5.75 Å². The lowest BCUT2D eigenvalue weighted by atomic mass is 10.1. The first-order valence-corrected chi connectivity index (χ1v) is 5.68. The van der Waals surface area contributed by atoms with E-state index in [1.807, 2.05) is 0 Å². The maximum atomic E-state index is 11.4. The number of benzene rings is 1. The molecule has 0 saturated carbocycles. The molecule has 0 spiro atoms. The summed E-state index contributed by atoms with van der Waals surface area (Å²) >= 11 is 0. The molecular weight excluding hydrogens is 232 g/mol. The van der Waals surface area contributed by atoms with Crippen LogP contribution in [0.3, 0.4) is 0 Å². The third-order valence-electron chi connectivity index (χ3n) is 2.40. The first kappa shape index (κ1) is 14.1. The molecule has 1 aromatic rings. The van der Waals surface area contributed by atoms with Gasteiger partial charge in [0.25, 0.3) is 0 Å². The average molecular weight is 247 g/mol. The number of aldehydes is 1. The lowest BCUT2D eigenvalue weighted by molar-refractivity contribution is -0.134. The third kappa shape index (κ3) is 3.80. The molecule has 0 amide bonds. The highest BCUT2D eigenvalue weighted by Crippen LogP contribution is 2.19. The van der Waals surface area contributed by atoms with E-state index in [0.29, 0.717) is 24.7 Å². The monoisotopic (exact) mass is 247 g/mol. The number of hydrogen-bond acceptors (Lipinski definition) is 4. The fourth-order valence-electron chi connectivity index (χ4n) is 1.40. The van der Waals surface area contributed by atoms with Crippen molar-refractivity contribution in [2.75, 3.05) is 0 Å². The van der Waals surface area contributed by atoms with Gasteiger partial charge < -0.3 is 4.74 Å². The molecular formula is C14H15O4. The number of ketones is 1. The molecule has 1 rings (SSSR count). The van der Waals surface area contributed by atoms with Gasteiger partial charge in [-0.1, -0.05) is 13.3 Å². The number of esters is 1. The van der Waals surface area contributed by atoms with Gasteiger partial charge in [0.2, 0.25) is 0 Å². The first-order valence-electron chi connectivity index (χ1n) is 5.68. The van der Waals surface area contributed by atoms with Crippen molar-refractivity contribution in [3.05, 3.63) is 36.2 Å². The molecule has 0 aromatic heterocycles. The van der Waals surface area contributed by atoms with Crippen LogP contribution in [0.1, 0.15) is 46.9 Å². The van der Waals surface area contributed by atoms with Crippen LogP contribution in [0, 0.1) is 6.92 Å². The predicted molar refractivity (Wildman–Crippen MR) is 66.7 cm³/mol. The van der Waals surface area contributed by atoms with E-state index in [2.05, 4.69) is 6.92 Å². The number of Topliss-reactive ketones (excluding diaryl/α,β-unsaturated/α-hetero) is 1. The summed E-state index contributed by atoms with van der Waals surface area (Å²) in [5, 5.41) is 0. The van der Waals surface area contributed by atoms with E-state index in [-0.39, 0.29) is 23.5 Å². The molecule has 0 fully saturated rings. The van der Waals surface area contributed by atoms with Crippen LogP contribution in [0.15, 0.2) is 18.2 Å². The van der Waals surface area contributed by atoms with Crippen molar-refractivity contribution in [3.63, 3.8) is 0 Å². The molecule has 0 heterocycles. The maximum Gasteiger partial charge on any atom is 0.311 e. The van der Waals surface area contributed by atoms with Crippen LogP contribution in [-0.2, 0) is 4.79 Å². The average Bonchev–Trinajstić information content (AvgIpc) is 2.36. The van der Waals surface area contributed by atoms with Crippen LogP contribution in [0.4, 0.5) is 0 Å². The van der Waals surface area contributed by atoms with Gasteiger partial charge in [-0.15, -0.1) is 0 Å². The highest BCUT2D eigenvalue weighted by atomic mass is 16.5. The van der Waals surface area contributed by atoms with Crippen molar-refractivity contribution in [3.8, 4) is 5.75 Å². The summed E-state index contributed by atoms with van der Waals surface area (Å²) in [4.78, 5) is 33.5. The quantitative estimate of drug-likeness (QED) is 0.335. The van der Waals surface area contributed by atoms with Gasteiger partial charge in [0.1, 0.15) is 5.75 Å². The highest BCUT2D eigenvalue weighted by Gasteiger charge is 2.10. The summed E-state index contributed by atoms with van der Waals surface area (Å²) in [6, 6.07) is 4.40. The van der Waals surface area contributed by atoms with Gasteiger partial charge >= 0.3 is 5.97 Å². The fraction of sp³-hybridized carbons (Fsp3) is 0.286. The zero-order valence-corrected chi connectivity index (χ0v) is 10.3. The lowest BCUT2D eigenvalue weighted by Gasteiger charge is -2.07. The Morgan fingerprint density at radius 3 is 2.67 bits per heavy atom. The largest absolute Gasteiger partial charge is 0.426 e. The second-order valence-electron chi connectivity index (χ2n) is 3.86. The van der Waals surface area contributed by atoms with Crippen molar-refractivity contribution >= 4 is 18.0 Å². The molecule has 0 aliphatic heterocycles. The minimum atomic E-state index is -0.405. The van der Waals surface area contributed by atoms with Gasteiger partial charge in [0, 0.05) is 12.0 Å². The SMILES string of the molecule is [CH2]CCCC(=O)Oc1ccc(C(C)=O)cc1C=O. The van der Waals surface area contributed by atoms with Crippen LogP contribution in [0.25, 0.3) is 0 Å². The van der Waals surface area contributed by atoms with E-state index in [9.17, 15) is 14.4 Å². The minimum Gasteiger partial charge on any atom is -0.426 e. The second-order valence-corrected chi connectivity index (χ2v) is 3.86. The zero-order valence-electron chi connectivity index (χ0n) is 10.3. The Kier molecular flexibility index (Phi) is 5.24. The van der Waals surface area contributed by atoms with E-state index in [1.54, 1.807) is 0 Å². The Labute approximate surface area is 106 Å². The van der Waals surface area contributed by atoms with Crippen LogP contribution in [-0.4, -0.2) is 18.0 Å². The van der Waals surface area contributed by atoms with Crippen LogP contribution < -0.4 is 4.74 Å². The molecule has 0 aliphatic carbocycles. The van der Waals surface area contributed by atoms with Gasteiger partial charge in [-0.05, 0) is 31.5 Å². The summed E-state index contributed by atoms with van der Waals surface area (Å²) in [6.07, 6.45) is 2.12. The topological polar surface area (TPSA) is 60.4 Å². The summed E-state index contributed by atoms with van der Waals surface area (Å²) in [6.45, 7) is 5.03. The standard InChI is InChI=1S/C14H15O4/c1-3-4-5-14(17)18-13-7-6-11(10(2)16)8-12(13)9-15/h6-9H,1,3-5H2,2H3.